The zero-order chi connectivity index (χ0) is 13.0. The molecule has 18 heavy (non-hydrogen) atoms. The molecule has 5 nitrogen and oxygen atoms in total. The Morgan fingerprint density at radius 1 is 1.44 bits per heavy atom. The van der Waals surface area contributed by atoms with E-state index in [1.165, 1.54) is 0 Å². The fourth-order valence-electron chi connectivity index (χ4n) is 2.20. The predicted octanol–water partition coefficient (Wildman–Crippen LogP) is 0.885. The first-order chi connectivity index (χ1) is 8.58. The van der Waals surface area contributed by atoms with E-state index in [0.717, 1.165) is 38.4 Å². The summed E-state index contributed by atoms with van der Waals surface area (Å²) in [5, 5.41) is 6.26. The van der Waals surface area contributed by atoms with Gasteiger partial charge in [-0.3, -0.25) is 9.69 Å². The Hall–Kier alpha value is -1.33. The summed E-state index contributed by atoms with van der Waals surface area (Å²) < 4.78 is 0. The highest BCUT2D eigenvalue weighted by Crippen LogP contribution is 2.20. The molecule has 0 spiro atoms. The van der Waals surface area contributed by atoms with Gasteiger partial charge in [-0.05, 0) is 19.9 Å². The van der Waals surface area contributed by atoms with Gasteiger partial charge < -0.3 is 15.6 Å². The van der Waals surface area contributed by atoms with Crippen LogP contribution in [0.15, 0.2) is 18.5 Å². The number of anilines is 1. The number of aromatic nitrogens is 1. The van der Waals surface area contributed by atoms with E-state index in [-0.39, 0.29) is 11.3 Å². The van der Waals surface area contributed by atoms with Crippen molar-refractivity contribution in [1.82, 2.24) is 15.2 Å². The summed E-state index contributed by atoms with van der Waals surface area (Å²) in [6, 6.07) is 1.86. The van der Waals surface area contributed by atoms with E-state index in [0.29, 0.717) is 0 Å². The Morgan fingerprint density at radius 3 is 2.78 bits per heavy atom. The Morgan fingerprint density at radius 2 is 2.17 bits per heavy atom. The van der Waals surface area contributed by atoms with Crippen molar-refractivity contribution in [2.45, 2.75) is 13.8 Å². The molecule has 0 aromatic carbocycles. The third-order valence-electron chi connectivity index (χ3n) is 3.30. The first-order valence-corrected chi connectivity index (χ1v) is 6.45. The summed E-state index contributed by atoms with van der Waals surface area (Å²) >= 11 is 0. The van der Waals surface area contributed by atoms with E-state index >= 15 is 0 Å². The molecule has 100 valence electrons. The summed E-state index contributed by atoms with van der Waals surface area (Å²) in [6.45, 7) is 8.84. The molecule has 1 saturated heterocycles. The zero-order valence-corrected chi connectivity index (χ0v) is 11.1. The van der Waals surface area contributed by atoms with Gasteiger partial charge >= 0.3 is 0 Å². The molecule has 1 aromatic rings. The lowest BCUT2D eigenvalue weighted by atomic mass is 9.91. The topological polar surface area (TPSA) is 60.2 Å². The fraction of sp³-hybridized carbons (Fsp3) is 0.615. The van der Waals surface area contributed by atoms with Crippen LogP contribution in [0.3, 0.4) is 0 Å². The number of amides is 1. The van der Waals surface area contributed by atoms with Crippen molar-refractivity contribution in [3.05, 3.63) is 18.5 Å². The SMILES string of the molecule is CC(C)(CN1CCNCC1)C(=O)Nc1cc[nH]c1. The molecule has 5 heteroatoms. The van der Waals surface area contributed by atoms with Crippen molar-refractivity contribution in [2.75, 3.05) is 38.0 Å². The van der Waals surface area contributed by atoms with Gasteiger partial charge in [0.25, 0.3) is 0 Å². The third kappa shape index (κ3) is 3.34. The minimum atomic E-state index is -0.380. The largest absolute Gasteiger partial charge is 0.366 e. The standard InChI is InChI=1S/C13H22N4O/c1-13(2,10-17-7-5-14-6-8-17)12(18)16-11-3-4-15-9-11/h3-4,9,14-15H,5-8,10H2,1-2H3,(H,16,18). The highest BCUT2D eigenvalue weighted by atomic mass is 16.2. The van der Waals surface area contributed by atoms with Gasteiger partial charge in [0.15, 0.2) is 0 Å². The van der Waals surface area contributed by atoms with Crippen LogP contribution in [0.25, 0.3) is 0 Å². The molecular weight excluding hydrogens is 228 g/mol. The molecule has 2 rings (SSSR count). The zero-order valence-electron chi connectivity index (χ0n) is 11.1. The molecule has 0 atom stereocenters. The number of hydrogen-bond donors (Lipinski definition) is 3. The first kappa shape index (κ1) is 13.1. The van der Waals surface area contributed by atoms with Gasteiger partial charge in [0.2, 0.25) is 5.91 Å². The molecule has 1 aliphatic heterocycles. The number of aromatic amines is 1. The second-order valence-electron chi connectivity index (χ2n) is 5.46. The molecule has 1 fully saturated rings. The molecule has 2 heterocycles. The lowest BCUT2D eigenvalue weighted by Crippen LogP contribution is -2.49. The lowest BCUT2D eigenvalue weighted by Gasteiger charge is -2.34. The van der Waals surface area contributed by atoms with Crippen molar-refractivity contribution in [3.63, 3.8) is 0 Å². The Kier molecular flexibility index (Phi) is 4.04. The maximum Gasteiger partial charge on any atom is 0.231 e. The second kappa shape index (κ2) is 5.54. The van der Waals surface area contributed by atoms with Crippen LogP contribution < -0.4 is 10.6 Å². The molecule has 0 unspecified atom stereocenters. The maximum atomic E-state index is 12.2. The van der Waals surface area contributed by atoms with Crippen LogP contribution in [0, 0.1) is 5.41 Å². The monoisotopic (exact) mass is 250 g/mol. The van der Waals surface area contributed by atoms with Crippen LogP contribution in [0.1, 0.15) is 13.8 Å². The van der Waals surface area contributed by atoms with Crippen LogP contribution in [-0.4, -0.2) is 48.5 Å². The maximum absolute atomic E-state index is 12.2. The van der Waals surface area contributed by atoms with Gasteiger partial charge in [-0.2, -0.15) is 0 Å². The van der Waals surface area contributed by atoms with Crippen molar-refractivity contribution < 1.29 is 4.79 Å². The Balaban J connectivity index is 1.90. The summed E-state index contributed by atoms with van der Waals surface area (Å²) in [6.07, 6.45) is 3.59. The minimum Gasteiger partial charge on any atom is -0.366 e. The average molecular weight is 250 g/mol. The van der Waals surface area contributed by atoms with Crippen LogP contribution in [-0.2, 0) is 4.79 Å². The van der Waals surface area contributed by atoms with Crippen molar-refractivity contribution in [3.8, 4) is 0 Å². The van der Waals surface area contributed by atoms with Crippen molar-refractivity contribution in [1.29, 1.82) is 0 Å². The van der Waals surface area contributed by atoms with Gasteiger partial charge in [0, 0.05) is 45.1 Å². The second-order valence-corrected chi connectivity index (χ2v) is 5.46. The number of carbonyl (C=O) groups is 1. The van der Waals surface area contributed by atoms with Gasteiger partial charge in [-0.25, -0.2) is 0 Å². The third-order valence-corrected chi connectivity index (χ3v) is 3.30. The smallest absolute Gasteiger partial charge is 0.231 e. The highest BCUT2D eigenvalue weighted by molar-refractivity contribution is 5.94. The van der Waals surface area contributed by atoms with Gasteiger partial charge in [-0.15, -0.1) is 0 Å². The molecule has 0 radical (unpaired) electrons. The summed E-state index contributed by atoms with van der Waals surface area (Å²) in [5.41, 5.74) is 0.447. The van der Waals surface area contributed by atoms with E-state index in [4.69, 9.17) is 0 Å². The summed E-state index contributed by atoms with van der Waals surface area (Å²) in [5.74, 6) is 0.0700. The highest BCUT2D eigenvalue weighted by Gasteiger charge is 2.30. The number of nitrogens with zero attached hydrogens (tertiary/aromatic N) is 1. The van der Waals surface area contributed by atoms with Crippen LogP contribution >= 0.6 is 0 Å². The van der Waals surface area contributed by atoms with E-state index in [9.17, 15) is 4.79 Å². The summed E-state index contributed by atoms with van der Waals surface area (Å²) in [7, 11) is 0. The molecule has 1 aromatic heterocycles. The number of rotatable bonds is 4. The molecule has 0 saturated carbocycles. The Bertz CT molecular complexity index is 380. The number of hydrogen-bond acceptors (Lipinski definition) is 3. The molecular formula is C13H22N4O. The van der Waals surface area contributed by atoms with Crippen molar-refractivity contribution in [2.24, 2.45) is 5.41 Å². The van der Waals surface area contributed by atoms with E-state index in [1.807, 2.05) is 19.9 Å². The normalized spacial score (nSPS) is 17.7. The van der Waals surface area contributed by atoms with E-state index in [2.05, 4.69) is 20.5 Å². The van der Waals surface area contributed by atoms with Crippen LogP contribution in [0.4, 0.5) is 5.69 Å². The number of nitrogens with one attached hydrogen (secondary N) is 3. The minimum absolute atomic E-state index is 0.0700. The fourth-order valence-corrected chi connectivity index (χ4v) is 2.20. The number of H-pyrrole nitrogens is 1. The quantitative estimate of drug-likeness (QED) is 0.743. The molecule has 0 aliphatic carbocycles. The van der Waals surface area contributed by atoms with Gasteiger partial charge in [0.1, 0.15) is 0 Å². The van der Waals surface area contributed by atoms with Crippen LogP contribution in [0.5, 0.6) is 0 Å². The van der Waals surface area contributed by atoms with Crippen LogP contribution in [0.2, 0.25) is 0 Å². The number of piperazine rings is 1. The predicted molar refractivity (Wildman–Crippen MR) is 72.5 cm³/mol. The lowest BCUT2D eigenvalue weighted by molar-refractivity contribution is -0.125. The summed E-state index contributed by atoms with van der Waals surface area (Å²) in [4.78, 5) is 17.5. The number of carbonyl (C=O) groups excluding carboxylic acids is 1. The first-order valence-electron chi connectivity index (χ1n) is 6.45. The van der Waals surface area contributed by atoms with E-state index in [1.54, 1.807) is 12.4 Å². The average Bonchev–Trinajstić information content (AvgIpc) is 2.82. The van der Waals surface area contributed by atoms with E-state index < -0.39 is 0 Å². The molecule has 1 aliphatic rings. The van der Waals surface area contributed by atoms with Crippen molar-refractivity contribution >= 4 is 11.6 Å². The molecule has 0 bridgehead atoms. The Labute approximate surface area is 108 Å². The molecule has 3 N–H and O–H groups in total. The van der Waals surface area contributed by atoms with Gasteiger partial charge in [0.05, 0.1) is 11.1 Å². The molecule has 1 amide bonds. The van der Waals surface area contributed by atoms with Gasteiger partial charge in [-0.1, -0.05) is 0 Å².